The van der Waals surface area contributed by atoms with Gasteiger partial charge in [-0.3, -0.25) is 24.1 Å². The van der Waals surface area contributed by atoms with Crippen molar-refractivity contribution in [1.29, 1.82) is 0 Å². The zero-order chi connectivity index (χ0) is 20.3. The molecule has 3 amide bonds. The Hall–Kier alpha value is -2.70. The molecular formula is C21H26N2O5. The van der Waals surface area contributed by atoms with Gasteiger partial charge in [0.2, 0.25) is 5.91 Å². The third-order valence-corrected chi connectivity index (χ3v) is 5.54. The van der Waals surface area contributed by atoms with Crippen molar-refractivity contribution < 1.29 is 23.9 Å². The molecule has 3 rings (SSSR count). The maximum Gasteiger partial charge on any atom is 0.326 e. The van der Waals surface area contributed by atoms with Crippen molar-refractivity contribution in [3.63, 3.8) is 0 Å². The van der Waals surface area contributed by atoms with Crippen molar-refractivity contribution in [2.24, 2.45) is 5.92 Å². The van der Waals surface area contributed by atoms with Crippen LogP contribution in [0, 0.1) is 5.92 Å². The Labute approximate surface area is 164 Å². The molecule has 7 heteroatoms. The third-order valence-electron chi connectivity index (χ3n) is 5.54. The summed E-state index contributed by atoms with van der Waals surface area (Å²) >= 11 is 0. The van der Waals surface area contributed by atoms with Crippen LogP contribution in [0.15, 0.2) is 24.3 Å². The summed E-state index contributed by atoms with van der Waals surface area (Å²) in [6.07, 6.45) is 3.31. The van der Waals surface area contributed by atoms with Gasteiger partial charge in [0.1, 0.15) is 6.54 Å². The van der Waals surface area contributed by atoms with Gasteiger partial charge < -0.3 is 10.1 Å². The Bertz CT molecular complexity index is 791. The fraction of sp³-hybridized carbons (Fsp3) is 0.524. The molecule has 0 aromatic heterocycles. The van der Waals surface area contributed by atoms with Gasteiger partial charge in [0, 0.05) is 11.6 Å². The molecule has 0 bridgehead atoms. The van der Waals surface area contributed by atoms with E-state index in [2.05, 4.69) is 12.2 Å². The molecule has 1 aliphatic carbocycles. The lowest BCUT2D eigenvalue weighted by Gasteiger charge is -2.30. The highest BCUT2D eigenvalue weighted by Gasteiger charge is 2.33. The standard InChI is InChI=1S/C21H26N2O5/c1-13-7-3-6-10-17(13)22-20(26)14(2)28-19(25)12-23-18(24)11-15-8-4-5-9-16(15)21(23)27/h4-5,8-9,13-14,17H,3,6-7,10-12H2,1-2H3,(H,22,26)/t13-,14-,17+/m1/s1. The highest BCUT2D eigenvalue weighted by Crippen LogP contribution is 2.24. The first kappa shape index (κ1) is 20.0. The number of hydrogen-bond acceptors (Lipinski definition) is 5. The van der Waals surface area contributed by atoms with Gasteiger partial charge in [0.05, 0.1) is 6.42 Å². The molecule has 1 aromatic rings. The van der Waals surface area contributed by atoms with Gasteiger partial charge in [-0.1, -0.05) is 38.0 Å². The van der Waals surface area contributed by atoms with Crippen LogP contribution in [0.3, 0.4) is 0 Å². The minimum Gasteiger partial charge on any atom is -0.451 e. The van der Waals surface area contributed by atoms with Crippen molar-refractivity contribution in [1.82, 2.24) is 10.2 Å². The summed E-state index contributed by atoms with van der Waals surface area (Å²) in [4.78, 5) is 50.2. The number of ether oxygens (including phenoxy) is 1. The van der Waals surface area contributed by atoms with E-state index in [-0.39, 0.29) is 18.4 Å². The van der Waals surface area contributed by atoms with Crippen LogP contribution in [0.1, 0.15) is 55.5 Å². The minimum atomic E-state index is -0.982. The van der Waals surface area contributed by atoms with Gasteiger partial charge in [0.15, 0.2) is 6.10 Å². The van der Waals surface area contributed by atoms with E-state index in [1.165, 1.54) is 13.3 Å². The summed E-state index contributed by atoms with van der Waals surface area (Å²) in [5.41, 5.74) is 1.06. The first-order chi connectivity index (χ1) is 13.4. The maximum atomic E-state index is 12.5. The van der Waals surface area contributed by atoms with Crippen molar-refractivity contribution >= 4 is 23.7 Å². The van der Waals surface area contributed by atoms with Crippen LogP contribution in [-0.4, -0.2) is 47.3 Å². The van der Waals surface area contributed by atoms with Crippen molar-refractivity contribution in [2.75, 3.05) is 6.54 Å². The van der Waals surface area contributed by atoms with Crippen LogP contribution in [0.25, 0.3) is 0 Å². The zero-order valence-electron chi connectivity index (χ0n) is 16.3. The van der Waals surface area contributed by atoms with E-state index in [1.807, 2.05) is 0 Å². The number of nitrogens with zero attached hydrogens (tertiary/aromatic N) is 1. The molecule has 3 atom stereocenters. The lowest BCUT2D eigenvalue weighted by molar-refractivity contribution is -0.157. The van der Waals surface area contributed by atoms with Crippen LogP contribution >= 0.6 is 0 Å². The van der Waals surface area contributed by atoms with Crippen LogP contribution in [-0.2, 0) is 25.5 Å². The quantitative estimate of drug-likeness (QED) is 0.616. The van der Waals surface area contributed by atoms with E-state index < -0.39 is 30.4 Å². The van der Waals surface area contributed by atoms with Gasteiger partial charge in [-0.25, -0.2) is 0 Å². The predicted molar refractivity (Wildman–Crippen MR) is 101 cm³/mol. The molecule has 1 aliphatic heterocycles. The number of rotatable bonds is 5. The summed E-state index contributed by atoms with van der Waals surface area (Å²) in [6.45, 7) is 3.10. The second-order valence-electron chi connectivity index (χ2n) is 7.63. The van der Waals surface area contributed by atoms with Gasteiger partial charge >= 0.3 is 5.97 Å². The minimum absolute atomic E-state index is 0.0603. The van der Waals surface area contributed by atoms with E-state index in [9.17, 15) is 19.2 Å². The monoisotopic (exact) mass is 386 g/mol. The fourth-order valence-electron chi connectivity index (χ4n) is 3.81. The summed E-state index contributed by atoms with van der Waals surface area (Å²) in [7, 11) is 0. The van der Waals surface area contributed by atoms with Gasteiger partial charge in [-0.05, 0) is 37.3 Å². The van der Waals surface area contributed by atoms with E-state index in [0.717, 1.165) is 24.2 Å². The number of benzene rings is 1. The predicted octanol–water partition coefficient (Wildman–Crippen LogP) is 1.84. The Morgan fingerprint density at radius 2 is 1.93 bits per heavy atom. The Kier molecular flexibility index (Phi) is 6.11. The fourth-order valence-corrected chi connectivity index (χ4v) is 3.81. The summed E-state index contributed by atoms with van der Waals surface area (Å²) < 4.78 is 5.18. The van der Waals surface area contributed by atoms with Crippen LogP contribution in [0.2, 0.25) is 0 Å². The molecule has 28 heavy (non-hydrogen) atoms. The normalized spacial score (nSPS) is 23.0. The molecule has 0 unspecified atom stereocenters. The number of hydrogen-bond donors (Lipinski definition) is 1. The number of imide groups is 1. The SMILES string of the molecule is C[C@@H]1CCCC[C@@H]1NC(=O)[C@@H](C)OC(=O)CN1C(=O)Cc2ccccc2C1=O. The smallest absolute Gasteiger partial charge is 0.326 e. The van der Waals surface area contributed by atoms with E-state index in [1.54, 1.807) is 24.3 Å². The molecule has 0 saturated heterocycles. The molecule has 7 nitrogen and oxygen atoms in total. The van der Waals surface area contributed by atoms with Gasteiger partial charge in [-0.2, -0.15) is 0 Å². The first-order valence-corrected chi connectivity index (χ1v) is 9.79. The molecule has 1 fully saturated rings. The highest BCUT2D eigenvalue weighted by atomic mass is 16.5. The largest absolute Gasteiger partial charge is 0.451 e. The number of nitrogens with one attached hydrogen (secondary N) is 1. The molecule has 150 valence electrons. The molecule has 0 spiro atoms. The van der Waals surface area contributed by atoms with E-state index in [4.69, 9.17) is 4.74 Å². The Morgan fingerprint density at radius 1 is 1.21 bits per heavy atom. The van der Waals surface area contributed by atoms with Crippen LogP contribution < -0.4 is 5.32 Å². The van der Waals surface area contributed by atoms with Crippen molar-refractivity contribution in [2.45, 2.75) is 58.1 Å². The van der Waals surface area contributed by atoms with E-state index >= 15 is 0 Å². The third kappa shape index (κ3) is 4.40. The molecule has 1 heterocycles. The van der Waals surface area contributed by atoms with Crippen LogP contribution in [0.5, 0.6) is 0 Å². The number of esters is 1. The number of fused-ring (bicyclic) bond motifs is 1. The number of carbonyl (C=O) groups excluding carboxylic acids is 4. The maximum absolute atomic E-state index is 12.5. The Morgan fingerprint density at radius 3 is 2.68 bits per heavy atom. The van der Waals surface area contributed by atoms with Gasteiger partial charge in [0.25, 0.3) is 11.8 Å². The Balaban J connectivity index is 1.55. The summed E-state index contributed by atoms with van der Waals surface area (Å²) in [5.74, 6) is -1.70. The average Bonchev–Trinajstić information content (AvgIpc) is 2.67. The number of amides is 3. The molecular weight excluding hydrogens is 360 g/mol. The molecule has 0 radical (unpaired) electrons. The second-order valence-corrected chi connectivity index (χ2v) is 7.63. The zero-order valence-corrected chi connectivity index (χ0v) is 16.3. The van der Waals surface area contributed by atoms with Crippen molar-refractivity contribution in [3.8, 4) is 0 Å². The van der Waals surface area contributed by atoms with Gasteiger partial charge in [-0.15, -0.1) is 0 Å². The van der Waals surface area contributed by atoms with E-state index in [0.29, 0.717) is 17.0 Å². The summed E-state index contributed by atoms with van der Waals surface area (Å²) in [5, 5.41) is 2.94. The molecule has 1 N–H and O–H groups in total. The topological polar surface area (TPSA) is 92.8 Å². The first-order valence-electron chi connectivity index (χ1n) is 9.79. The second kappa shape index (κ2) is 8.54. The number of carbonyl (C=O) groups is 4. The lowest BCUT2D eigenvalue weighted by atomic mass is 9.86. The van der Waals surface area contributed by atoms with Crippen LogP contribution in [0.4, 0.5) is 0 Å². The molecule has 1 aromatic carbocycles. The highest BCUT2D eigenvalue weighted by molar-refractivity contribution is 6.11. The lowest BCUT2D eigenvalue weighted by Crippen LogP contribution is -2.48. The molecule has 2 aliphatic rings. The van der Waals surface area contributed by atoms with Crippen molar-refractivity contribution in [3.05, 3.63) is 35.4 Å². The summed E-state index contributed by atoms with van der Waals surface area (Å²) in [6, 6.07) is 6.91. The molecule has 1 saturated carbocycles. The average molecular weight is 386 g/mol.